The largest absolute Gasteiger partial charge is 0.508 e. The van der Waals surface area contributed by atoms with Crippen molar-refractivity contribution in [3.8, 4) is 5.75 Å². The zero-order valence-corrected chi connectivity index (χ0v) is 8.62. The maximum Gasteiger partial charge on any atom is 0.115 e. The molecular formula is C12H15NO2. The Morgan fingerprint density at radius 2 is 2.33 bits per heavy atom. The lowest BCUT2D eigenvalue weighted by Crippen LogP contribution is -2.43. The molecule has 0 aliphatic carbocycles. The van der Waals surface area contributed by atoms with Gasteiger partial charge in [-0.25, -0.2) is 0 Å². The number of hydrogen-bond acceptors (Lipinski definition) is 3. The van der Waals surface area contributed by atoms with Crippen molar-refractivity contribution in [2.75, 3.05) is 13.1 Å². The summed E-state index contributed by atoms with van der Waals surface area (Å²) in [6, 6.07) is 5.56. The molecule has 2 N–H and O–H groups in total. The standard InChI is InChI=1S/C12H15NO2/c14-10-3-2-9-7-15-12(11(9)6-10)4-1-5-13-8-12/h2-3,6,13-14H,1,4-5,7-8H2. The van der Waals surface area contributed by atoms with E-state index in [9.17, 15) is 5.11 Å². The third-order valence-corrected chi connectivity index (χ3v) is 3.43. The maximum atomic E-state index is 9.53. The quantitative estimate of drug-likeness (QED) is 0.674. The van der Waals surface area contributed by atoms with Gasteiger partial charge in [0.25, 0.3) is 0 Å². The maximum absolute atomic E-state index is 9.53. The van der Waals surface area contributed by atoms with Crippen molar-refractivity contribution in [1.82, 2.24) is 5.32 Å². The van der Waals surface area contributed by atoms with Gasteiger partial charge in [-0.05, 0) is 42.6 Å². The Bertz CT molecular complexity index is 378. The van der Waals surface area contributed by atoms with E-state index in [-0.39, 0.29) is 5.60 Å². The Hall–Kier alpha value is -1.06. The molecule has 0 aromatic heterocycles. The molecule has 0 saturated carbocycles. The van der Waals surface area contributed by atoms with Gasteiger partial charge in [-0.3, -0.25) is 0 Å². The fourth-order valence-electron chi connectivity index (χ4n) is 2.64. The van der Waals surface area contributed by atoms with E-state index in [0.29, 0.717) is 12.4 Å². The predicted octanol–water partition coefficient (Wildman–Crippen LogP) is 1.50. The van der Waals surface area contributed by atoms with Crippen LogP contribution in [0.5, 0.6) is 5.75 Å². The normalized spacial score (nSPS) is 29.3. The highest BCUT2D eigenvalue weighted by atomic mass is 16.5. The van der Waals surface area contributed by atoms with Gasteiger partial charge in [0, 0.05) is 6.54 Å². The van der Waals surface area contributed by atoms with Gasteiger partial charge in [-0.15, -0.1) is 0 Å². The number of ether oxygens (including phenoxy) is 1. The number of piperidine rings is 1. The van der Waals surface area contributed by atoms with E-state index in [1.165, 1.54) is 11.1 Å². The van der Waals surface area contributed by atoms with Gasteiger partial charge in [-0.1, -0.05) is 6.07 Å². The van der Waals surface area contributed by atoms with Crippen LogP contribution in [0.2, 0.25) is 0 Å². The van der Waals surface area contributed by atoms with Crippen molar-refractivity contribution in [2.45, 2.75) is 25.0 Å². The first-order valence-electron chi connectivity index (χ1n) is 5.47. The zero-order valence-electron chi connectivity index (χ0n) is 8.62. The third kappa shape index (κ3) is 1.34. The summed E-state index contributed by atoms with van der Waals surface area (Å²) in [5, 5.41) is 12.9. The van der Waals surface area contributed by atoms with Crippen molar-refractivity contribution >= 4 is 0 Å². The lowest BCUT2D eigenvalue weighted by atomic mass is 9.86. The Morgan fingerprint density at radius 3 is 3.13 bits per heavy atom. The van der Waals surface area contributed by atoms with E-state index in [1.807, 2.05) is 12.1 Å². The van der Waals surface area contributed by atoms with Crippen LogP contribution >= 0.6 is 0 Å². The molecule has 0 bridgehead atoms. The summed E-state index contributed by atoms with van der Waals surface area (Å²) in [6.07, 6.45) is 2.19. The van der Waals surface area contributed by atoms with E-state index in [4.69, 9.17) is 4.74 Å². The lowest BCUT2D eigenvalue weighted by Gasteiger charge is -2.34. The molecule has 15 heavy (non-hydrogen) atoms. The summed E-state index contributed by atoms with van der Waals surface area (Å²) in [4.78, 5) is 0. The summed E-state index contributed by atoms with van der Waals surface area (Å²) in [5.74, 6) is 0.337. The number of benzene rings is 1. The van der Waals surface area contributed by atoms with Gasteiger partial charge in [0.2, 0.25) is 0 Å². The van der Waals surface area contributed by atoms with E-state index in [0.717, 1.165) is 25.9 Å². The SMILES string of the molecule is Oc1ccc2c(c1)C1(CCCNC1)OC2. The molecule has 80 valence electrons. The zero-order chi connectivity index (χ0) is 10.3. The first-order chi connectivity index (χ1) is 7.30. The second-order valence-electron chi connectivity index (χ2n) is 4.40. The molecule has 2 aliphatic rings. The number of hydrogen-bond donors (Lipinski definition) is 2. The van der Waals surface area contributed by atoms with E-state index < -0.39 is 0 Å². The molecule has 3 heteroatoms. The van der Waals surface area contributed by atoms with E-state index in [2.05, 4.69) is 5.32 Å². The second kappa shape index (κ2) is 3.22. The molecule has 0 radical (unpaired) electrons. The lowest BCUT2D eigenvalue weighted by molar-refractivity contribution is -0.0536. The number of aromatic hydroxyl groups is 1. The summed E-state index contributed by atoms with van der Waals surface area (Å²) >= 11 is 0. The highest BCUT2D eigenvalue weighted by molar-refractivity contribution is 5.41. The molecule has 0 amide bonds. The molecule has 2 heterocycles. The third-order valence-electron chi connectivity index (χ3n) is 3.43. The molecule has 2 aliphatic heterocycles. The van der Waals surface area contributed by atoms with Crippen molar-refractivity contribution in [1.29, 1.82) is 0 Å². The monoisotopic (exact) mass is 205 g/mol. The fraction of sp³-hybridized carbons (Fsp3) is 0.500. The molecule has 3 nitrogen and oxygen atoms in total. The van der Waals surface area contributed by atoms with Gasteiger partial charge in [0.15, 0.2) is 0 Å². The summed E-state index contributed by atoms with van der Waals surface area (Å²) < 4.78 is 5.93. The van der Waals surface area contributed by atoms with Gasteiger partial charge in [0.1, 0.15) is 11.4 Å². The van der Waals surface area contributed by atoms with Crippen LogP contribution < -0.4 is 5.32 Å². The Balaban J connectivity index is 2.05. The smallest absolute Gasteiger partial charge is 0.115 e. The van der Waals surface area contributed by atoms with Crippen LogP contribution in [0.3, 0.4) is 0 Å². The van der Waals surface area contributed by atoms with Crippen molar-refractivity contribution in [3.05, 3.63) is 29.3 Å². The molecule has 1 spiro atoms. The van der Waals surface area contributed by atoms with Gasteiger partial charge in [-0.2, -0.15) is 0 Å². The molecule has 1 unspecified atom stereocenters. The van der Waals surface area contributed by atoms with Crippen LogP contribution in [0.15, 0.2) is 18.2 Å². The van der Waals surface area contributed by atoms with Crippen LogP contribution in [0.25, 0.3) is 0 Å². The highest BCUT2D eigenvalue weighted by Crippen LogP contribution is 2.42. The summed E-state index contributed by atoms with van der Waals surface area (Å²) in [6.45, 7) is 2.61. The van der Waals surface area contributed by atoms with Crippen LogP contribution in [-0.2, 0) is 16.9 Å². The molecule has 1 aromatic rings. The topological polar surface area (TPSA) is 41.5 Å². The number of phenols is 1. The first-order valence-corrected chi connectivity index (χ1v) is 5.47. The predicted molar refractivity (Wildman–Crippen MR) is 56.7 cm³/mol. The van der Waals surface area contributed by atoms with E-state index >= 15 is 0 Å². The number of rotatable bonds is 0. The Kier molecular flexibility index (Phi) is 1.97. The molecule has 1 saturated heterocycles. The summed E-state index contributed by atoms with van der Waals surface area (Å²) in [5.41, 5.74) is 2.22. The molecule has 1 fully saturated rings. The Morgan fingerprint density at radius 1 is 1.40 bits per heavy atom. The van der Waals surface area contributed by atoms with Crippen LogP contribution in [0.1, 0.15) is 24.0 Å². The fourth-order valence-corrected chi connectivity index (χ4v) is 2.64. The van der Waals surface area contributed by atoms with Crippen LogP contribution in [0.4, 0.5) is 0 Å². The van der Waals surface area contributed by atoms with Crippen molar-refractivity contribution in [2.24, 2.45) is 0 Å². The van der Waals surface area contributed by atoms with Gasteiger partial charge >= 0.3 is 0 Å². The van der Waals surface area contributed by atoms with Gasteiger partial charge in [0.05, 0.1) is 6.61 Å². The highest BCUT2D eigenvalue weighted by Gasteiger charge is 2.41. The number of nitrogens with one attached hydrogen (secondary N) is 1. The second-order valence-corrected chi connectivity index (χ2v) is 4.40. The van der Waals surface area contributed by atoms with Gasteiger partial charge < -0.3 is 15.2 Å². The number of fused-ring (bicyclic) bond motifs is 2. The average molecular weight is 205 g/mol. The van der Waals surface area contributed by atoms with Crippen molar-refractivity contribution in [3.63, 3.8) is 0 Å². The molecule has 1 atom stereocenters. The van der Waals surface area contributed by atoms with Crippen molar-refractivity contribution < 1.29 is 9.84 Å². The Labute approximate surface area is 89.1 Å². The first kappa shape index (κ1) is 9.19. The molecule has 3 rings (SSSR count). The number of phenolic OH excluding ortho intramolecular Hbond substituents is 1. The van der Waals surface area contributed by atoms with E-state index in [1.54, 1.807) is 6.07 Å². The molecule has 1 aromatic carbocycles. The van der Waals surface area contributed by atoms with Crippen LogP contribution in [0, 0.1) is 0 Å². The summed E-state index contributed by atoms with van der Waals surface area (Å²) in [7, 11) is 0. The minimum atomic E-state index is -0.174. The minimum Gasteiger partial charge on any atom is -0.508 e. The minimum absolute atomic E-state index is 0.174. The average Bonchev–Trinajstić information content (AvgIpc) is 2.59. The van der Waals surface area contributed by atoms with Crippen LogP contribution in [-0.4, -0.2) is 18.2 Å². The molecular weight excluding hydrogens is 190 g/mol.